The first kappa shape index (κ1) is 19.4. The molecule has 1 aromatic heterocycles. The molecule has 3 amide bonds. The van der Waals surface area contributed by atoms with Gasteiger partial charge in [-0.2, -0.15) is 0 Å². The van der Waals surface area contributed by atoms with Crippen molar-refractivity contribution in [2.75, 3.05) is 24.6 Å². The number of amides is 3. The molecular formula is C17H18N4O4S2. The lowest BCUT2D eigenvalue weighted by atomic mass is 10.1. The molecule has 1 aliphatic rings. The van der Waals surface area contributed by atoms with Gasteiger partial charge in [-0.1, -0.05) is 40.7 Å². The van der Waals surface area contributed by atoms with Gasteiger partial charge in [-0.3, -0.25) is 19.3 Å². The number of hydrogen-bond donors (Lipinski definition) is 1. The zero-order valence-corrected chi connectivity index (χ0v) is 16.5. The highest BCUT2D eigenvalue weighted by Crippen LogP contribution is 2.24. The summed E-state index contributed by atoms with van der Waals surface area (Å²) < 4.78 is 5.60. The van der Waals surface area contributed by atoms with Crippen LogP contribution in [0.15, 0.2) is 27.8 Å². The second-order valence-corrected chi connectivity index (χ2v) is 7.84. The number of hydrogen-bond acceptors (Lipinski definition) is 8. The van der Waals surface area contributed by atoms with Crippen LogP contribution in [0.1, 0.15) is 11.1 Å². The molecule has 1 saturated heterocycles. The third-order valence-corrected chi connectivity index (χ3v) is 5.38. The molecule has 10 heteroatoms. The minimum absolute atomic E-state index is 0.102. The molecule has 3 rings (SSSR count). The fourth-order valence-electron chi connectivity index (χ4n) is 2.57. The first-order chi connectivity index (χ1) is 12.9. The van der Waals surface area contributed by atoms with Gasteiger partial charge in [-0.25, -0.2) is 0 Å². The van der Waals surface area contributed by atoms with Crippen LogP contribution in [0.5, 0.6) is 0 Å². The largest absolute Gasteiger partial charge is 0.411 e. The van der Waals surface area contributed by atoms with Crippen molar-refractivity contribution in [3.63, 3.8) is 0 Å². The first-order valence-corrected chi connectivity index (χ1v) is 10.2. The van der Waals surface area contributed by atoms with E-state index in [4.69, 9.17) is 4.42 Å². The van der Waals surface area contributed by atoms with Gasteiger partial charge in [-0.05, 0) is 26.0 Å². The molecule has 27 heavy (non-hydrogen) atoms. The fourth-order valence-corrected chi connectivity index (χ4v) is 3.91. The lowest BCUT2D eigenvalue weighted by Gasteiger charge is -2.12. The van der Waals surface area contributed by atoms with Crippen LogP contribution in [-0.2, 0) is 9.59 Å². The summed E-state index contributed by atoms with van der Waals surface area (Å²) in [6, 6.07) is 5.98. The highest BCUT2D eigenvalue weighted by molar-refractivity contribution is 8.14. The predicted octanol–water partition coefficient (Wildman–Crippen LogP) is 2.26. The lowest BCUT2D eigenvalue weighted by Crippen LogP contribution is -2.38. The SMILES string of the molecule is Cc1cc(C)cc(-c2nnc(SCC(=O)NCCN3C(=O)CSC3=O)o2)c1. The summed E-state index contributed by atoms with van der Waals surface area (Å²) in [5.74, 6) is 0.220. The molecule has 1 aromatic carbocycles. The lowest BCUT2D eigenvalue weighted by molar-refractivity contribution is -0.125. The Hall–Kier alpha value is -2.33. The van der Waals surface area contributed by atoms with E-state index in [1.165, 1.54) is 0 Å². The van der Waals surface area contributed by atoms with Crippen molar-refractivity contribution in [2.24, 2.45) is 0 Å². The number of thioether (sulfide) groups is 2. The van der Waals surface area contributed by atoms with E-state index in [-0.39, 0.29) is 41.6 Å². The van der Waals surface area contributed by atoms with Gasteiger partial charge in [0.25, 0.3) is 10.5 Å². The average molecular weight is 406 g/mol. The Labute approximate surface area is 164 Å². The summed E-state index contributed by atoms with van der Waals surface area (Å²) in [4.78, 5) is 36.0. The van der Waals surface area contributed by atoms with E-state index in [0.717, 1.165) is 45.1 Å². The van der Waals surface area contributed by atoms with Crippen LogP contribution in [0, 0.1) is 13.8 Å². The zero-order valence-electron chi connectivity index (χ0n) is 14.9. The predicted molar refractivity (Wildman–Crippen MR) is 103 cm³/mol. The standard InChI is InChI=1S/C17H18N4O4S2/c1-10-5-11(2)7-12(6-10)15-19-20-16(25-15)26-8-13(22)18-3-4-21-14(23)9-27-17(21)24/h5-7H,3-4,8-9H2,1-2H3,(H,18,22). The van der Waals surface area contributed by atoms with Crippen LogP contribution >= 0.6 is 23.5 Å². The molecule has 0 bridgehead atoms. The average Bonchev–Trinajstić information content (AvgIpc) is 3.21. The van der Waals surface area contributed by atoms with Gasteiger partial charge < -0.3 is 9.73 Å². The van der Waals surface area contributed by atoms with E-state index in [2.05, 4.69) is 21.6 Å². The van der Waals surface area contributed by atoms with E-state index < -0.39 is 0 Å². The third-order valence-electron chi connectivity index (χ3n) is 3.70. The Kier molecular flexibility index (Phi) is 6.17. The molecular weight excluding hydrogens is 388 g/mol. The van der Waals surface area contributed by atoms with Crippen molar-refractivity contribution in [1.82, 2.24) is 20.4 Å². The molecule has 0 unspecified atom stereocenters. The quantitative estimate of drug-likeness (QED) is 0.698. The molecule has 0 spiro atoms. The van der Waals surface area contributed by atoms with Gasteiger partial charge in [0.1, 0.15) is 0 Å². The Balaban J connectivity index is 1.46. The Morgan fingerprint density at radius 3 is 2.67 bits per heavy atom. The summed E-state index contributed by atoms with van der Waals surface area (Å²) in [7, 11) is 0. The summed E-state index contributed by atoms with van der Waals surface area (Å²) in [6.07, 6.45) is 0. The number of aromatic nitrogens is 2. The number of aryl methyl sites for hydroxylation is 2. The van der Waals surface area contributed by atoms with Gasteiger partial charge in [0.2, 0.25) is 17.7 Å². The first-order valence-electron chi connectivity index (χ1n) is 8.21. The monoisotopic (exact) mass is 406 g/mol. The second-order valence-electron chi connectivity index (χ2n) is 5.99. The van der Waals surface area contributed by atoms with Crippen molar-refractivity contribution in [3.05, 3.63) is 29.3 Å². The highest BCUT2D eigenvalue weighted by atomic mass is 32.2. The minimum atomic E-state index is -0.270. The maximum Gasteiger partial charge on any atom is 0.288 e. The Morgan fingerprint density at radius 2 is 2.00 bits per heavy atom. The van der Waals surface area contributed by atoms with Gasteiger partial charge in [0.05, 0.1) is 11.5 Å². The maximum atomic E-state index is 11.9. The van der Waals surface area contributed by atoms with Crippen molar-refractivity contribution in [2.45, 2.75) is 19.1 Å². The molecule has 2 aromatic rings. The number of rotatable bonds is 7. The van der Waals surface area contributed by atoms with E-state index in [9.17, 15) is 14.4 Å². The van der Waals surface area contributed by atoms with Crippen molar-refractivity contribution >= 4 is 40.6 Å². The maximum absolute atomic E-state index is 11.9. The number of carbonyl (C=O) groups excluding carboxylic acids is 3. The zero-order chi connectivity index (χ0) is 19.4. The van der Waals surface area contributed by atoms with Gasteiger partial charge in [-0.15, -0.1) is 10.2 Å². The summed E-state index contributed by atoms with van der Waals surface area (Å²) in [6.45, 7) is 4.39. The molecule has 0 aliphatic carbocycles. The molecule has 8 nitrogen and oxygen atoms in total. The van der Waals surface area contributed by atoms with Crippen LogP contribution in [0.2, 0.25) is 0 Å². The number of carbonyl (C=O) groups is 3. The minimum Gasteiger partial charge on any atom is -0.411 e. The second kappa shape index (κ2) is 8.57. The Morgan fingerprint density at radius 1 is 1.26 bits per heavy atom. The topological polar surface area (TPSA) is 105 Å². The highest BCUT2D eigenvalue weighted by Gasteiger charge is 2.29. The van der Waals surface area contributed by atoms with E-state index in [1.807, 2.05) is 26.0 Å². The van der Waals surface area contributed by atoms with Crippen molar-refractivity contribution in [3.8, 4) is 11.5 Å². The summed E-state index contributed by atoms with van der Waals surface area (Å²) in [5, 5.41) is 10.7. The van der Waals surface area contributed by atoms with Crippen LogP contribution in [-0.4, -0.2) is 56.7 Å². The molecule has 0 saturated carbocycles. The molecule has 0 atom stereocenters. The summed E-state index contributed by atoms with van der Waals surface area (Å²) in [5.41, 5.74) is 3.05. The van der Waals surface area contributed by atoms with Crippen LogP contribution in [0.4, 0.5) is 4.79 Å². The smallest absolute Gasteiger partial charge is 0.288 e. The number of nitrogens with one attached hydrogen (secondary N) is 1. The summed E-state index contributed by atoms with van der Waals surface area (Å²) >= 11 is 2.11. The van der Waals surface area contributed by atoms with E-state index in [0.29, 0.717) is 11.1 Å². The van der Waals surface area contributed by atoms with E-state index in [1.54, 1.807) is 0 Å². The van der Waals surface area contributed by atoms with Crippen molar-refractivity contribution in [1.29, 1.82) is 0 Å². The molecule has 1 fully saturated rings. The number of nitrogens with zero attached hydrogens (tertiary/aromatic N) is 3. The molecule has 1 aliphatic heterocycles. The van der Waals surface area contributed by atoms with Gasteiger partial charge in [0.15, 0.2) is 0 Å². The van der Waals surface area contributed by atoms with Crippen LogP contribution in [0.3, 0.4) is 0 Å². The fraction of sp³-hybridized carbons (Fsp3) is 0.353. The number of benzene rings is 1. The van der Waals surface area contributed by atoms with Crippen LogP contribution in [0.25, 0.3) is 11.5 Å². The van der Waals surface area contributed by atoms with Crippen LogP contribution < -0.4 is 5.32 Å². The Bertz CT molecular complexity index is 847. The third kappa shape index (κ3) is 5.10. The van der Waals surface area contributed by atoms with Gasteiger partial charge >= 0.3 is 0 Å². The van der Waals surface area contributed by atoms with E-state index >= 15 is 0 Å². The number of imide groups is 1. The van der Waals surface area contributed by atoms with Crippen molar-refractivity contribution < 1.29 is 18.8 Å². The van der Waals surface area contributed by atoms with Gasteiger partial charge in [0, 0.05) is 18.7 Å². The molecule has 2 heterocycles. The normalized spacial score (nSPS) is 14.1. The molecule has 0 radical (unpaired) electrons. The molecule has 1 N–H and O–H groups in total. The molecule has 142 valence electrons.